The minimum absolute atomic E-state index is 0.291. The lowest BCUT2D eigenvalue weighted by Gasteiger charge is -2.19. The summed E-state index contributed by atoms with van der Waals surface area (Å²) >= 11 is 0. The smallest absolute Gasteiger partial charge is 0.246 e. The van der Waals surface area contributed by atoms with Crippen LogP contribution in [0, 0.1) is 13.8 Å². The molecule has 0 unspecified atom stereocenters. The van der Waals surface area contributed by atoms with Gasteiger partial charge in [-0.1, -0.05) is 0 Å². The Labute approximate surface area is 103 Å². The maximum atomic E-state index is 12.3. The Kier molecular flexibility index (Phi) is 4.29. The van der Waals surface area contributed by atoms with Gasteiger partial charge in [0.05, 0.1) is 11.4 Å². The maximum absolute atomic E-state index is 12.3. The van der Waals surface area contributed by atoms with Crippen molar-refractivity contribution in [2.75, 3.05) is 34.2 Å². The molecule has 0 aromatic carbocycles. The Balaban J connectivity index is 2.96. The van der Waals surface area contributed by atoms with Gasteiger partial charge in [0.2, 0.25) is 10.0 Å². The van der Waals surface area contributed by atoms with Crippen LogP contribution in [0.15, 0.2) is 4.90 Å². The number of hydrogen-bond acceptors (Lipinski definition) is 4. The Morgan fingerprint density at radius 1 is 1.18 bits per heavy atom. The van der Waals surface area contributed by atoms with Crippen molar-refractivity contribution in [1.82, 2.24) is 19.4 Å². The molecular weight excluding hydrogens is 240 g/mol. The third kappa shape index (κ3) is 3.05. The largest absolute Gasteiger partial charge is 0.308 e. The van der Waals surface area contributed by atoms with Crippen LogP contribution in [0.4, 0.5) is 0 Å². The van der Waals surface area contributed by atoms with Crippen molar-refractivity contribution in [2.45, 2.75) is 18.7 Å². The monoisotopic (exact) mass is 260 g/mol. The van der Waals surface area contributed by atoms with Crippen molar-refractivity contribution in [1.29, 1.82) is 0 Å². The first-order chi connectivity index (χ1) is 7.76. The highest BCUT2D eigenvalue weighted by Crippen LogP contribution is 2.20. The van der Waals surface area contributed by atoms with E-state index < -0.39 is 10.0 Å². The van der Waals surface area contributed by atoms with Crippen LogP contribution in [0.25, 0.3) is 0 Å². The number of rotatable bonds is 5. The number of H-pyrrole nitrogens is 1. The van der Waals surface area contributed by atoms with Gasteiger partial charge >= 0.3 is 0 Å². The lowest BCUT2D eigenvalue weighted by atomic mass is 10.4. The fourth-order valence-electron chi connectivity index (χ4n) is 1.54. The van der Waals surface area contributed by atoms with E-state index in [9.17, 15) is 8.42 Å². The van der Waals surface area contributed by atoms with E-state index >= 15 is 0 Å². The number of sulfonamides is 1. The zero-order valence-electron chi connectivity index (χ0n) is 11.0. The average Bonchev–Trinajstić information content (AvgIpc) is 2.55. The van der Waals surface area contributed by atoms with Crippen LogP contribution in [0.5, 0.6) is 0 Å². The predicted molar refractivity (Wildman–Crippen MR) is 66.4 cm³/mol. The Morgan fingerprint density at radius 3 is 2.18 bits per heavy atom. The first-order valence-electron chi connectivity index (χ1n) is 5.39. The molecule has 0 saturated carbocycles. The molecule has 1 N–H and O–H groups in total. The number of hydrogen-bond donors (Lipinski definition) is 1. The van der Waals surface area contributed by atoms with Gasteiger partial charge < -0.3 is 4.90 Å². The van der Waals surface area contributed by atoms with Crippen LogP contribution in [0.3, 0.4) is 0 Å². The van der Waals surface area contributed by atoms with Gasteiger partial charge in [-0.2, -0.15) is 9.40 Å². The van der Waals surface area contributed by atoms with Gasteiger partial charge in [0.25, 0.3) is 0 Å². The second kappa shape index (κ2) is 5.16. The SMILES string of the molecule is Cc1n[nH]c(C)c1S(=O)(=O)N(C)CCN(C)C. The molecule has 7 heteroatoms. The van der Waals surface area contributed by atoms with Gasteiger partial charge in [0.1, 0.15) is 4.90 Å². The number of nitrogens with one attached hydrogen (secondary N) is 1. The molecule has 1 rings (SSSR count). The molecule has 0 amide bonds. The molecule has 1 heterocycles. The summed E-state index contributed by atoms with van der Waals surface area (Å²) in [6.45, 7) is 4.55. The molecule has 0 radical (unpaired) electrons. The summed E-state index contributed by atoms with van der Waals surface area (Å²) in [7, 11) is 1.97. The molecule has 0 spiro atoms. The van der Waals surface area contributed by atoms with Gasteiger partial charge in [-0.25, -0.2) is 8.42 Å². The summed E-state index contributed by atoms with van der Waals surface area (Å²) in [6.07, 6.45) is 0. The molecule has 17 heavy (non-hydrogen) atoms. The Morgan fingerprint density at radius 2 is 1.76 bits per heavy atom. The average molecular weight is 260 g/mol. The Bertz CT molecular complexity index is 459. The fraction of sp³-hybridized carbons (Fsp3) is 0.700. The quantitative estimate of drug-likeness (QED) is 0.821. The highest BCUT2D eigenvalue weighted by Gasteiger charge is 2.26. The van der Waals surface area contributed by atoms with Crippen LogP contribution in [0.2, 0.25) is 0 Å². The zero-order chi connectivity index (χ0) is 13.2. The van der Waals surface area contributed by atoms with Gasteiger partial charge in [0.15, 0.2) is 0 Å². The van der Waals surface area contributed by atoms with Crippen molar-refractivity contribution in [3.8, 4) is 0 Å². The molecule has 1 aromatic rings. The van der Waals surface area contributed by atoms with Crippen LogP contribution in [-0.2, 0) is 10.0 Å². The molecule has 0 atom stereocenters. The van der Waals surface area contributed by atoms with E-state index in [1.54, 1.807) is 20.9 Å². The lowest BCUT2D eigenvalue weighted by Crippen LogP contribution is -2.34. The minimum atomic E-state index is -3.44. The zero-order valence-corrected chi connectivity index (χ0v) is 11.8. The topological polar surface area (TPSA) is 69.3 Å². The van der Waals surface area contributed by atoms with Crippen LogP contribution >= 0.6 is 0 Å². The second-order valence-electron chi connectivity index (χ2n) is 4.39. The highest BCUT2D eigenvalue weighted by atomic mass is 32.2. The summed E-state index contributed by atoms with van der Waals surface area (Å²) in [5.41, 5.74) is 1.10. The number of aromatic nitrogens is 2. The van der Waals surface area contributed by atoms with Gasteiger partial charge in [-0.3, -0.25) is 5.10 Å². The summed E-state index contributed by atoms with van der Waals surface area (Å²) in [5.74, 6) is 0. The summed E-state index contributed by atoms with van der Waals surface area (Å²) < 4.78 is 25.9. The van der Waals surface area contributed by atoms with Crippen LogP contribution in [-0.4, -0.2) is 62.1 Å². The van der Waals surface area contributed by atoms with Gasteiger partial charge in [-0.15, -0.1) is 0 Å². The summed E-state index contributed by atoms with van der Waals surface area (Å²) in [5, 5.41) is 6.62. The molecule has 1 aromatic heterocycles. The summed E-state index contributed by atoms with van der Waals surface area (Å²) in [6, 6.07) is 0. The van der Waals surface area contributed by atoms with E-state index in [-0.39, 0.29) is 0 Å². The number of nitrogens with zero attached hydrogens (tertiary/aromatic N) is 3. The van der Waals surface area contributed by atoms with Crippen molar-refractivity contribution >= 4 is 10.0 Å². The lowest BCUT2D eigenvalue weighted by molar-refractivity contribution is 0.358. The van der Waals surface area contributed by atoms with Gasteiger partial charge in [-0.05, 0) is 27.9 Å². The molecule has 0 aliphatic heterocycles. The van der Waals surface area contributed by atoms with Crippen molar-refractivity contribution in [2.24, 2.45) is 0 Å². The van der Waals surface area contributed by atoms with Crippen molar-refractivity contribution in [3.63, 3.8) is 0 Å². The van der Waals surface area contributed by atoms with E-state index in [0.717, 1.165) is 0 Å². The van der Waals surface area contributed by atoms with Crippen LogP contribution < -0.4 is 0 Å². The molecule has 0 bridgehead atoms. The minimum Gasteiger partial charge on any atom is -0.308 e. The molecule has 98 valence electrons. The van der Waals surface area contributed by atoms with E-state index in [1.807, 2.05) is 19.0 Å². The maximum Gasteiger partial charge on any atom is 0.246 e. The third-order valence-electron chi connectivity index (χ3n) is 2.59. The summed E-state index contributed by atoms with van der Waals surface area (Å²) in [4.78, 5) is 2.24. The molecular formula is C10H20N4O2S. The molecule has 6 nitrogen and oxygen atoms in total. The highest BCUT2D eigenvalue weighted by molar-refractivity contribution is 7.89. The fourth-order valence-corrected chi connectivity index (χ4v) is 3.02. The van der Waals surface area contributed by atoms with Crippen LogP contribution in [0.1, 0.15) is 11.4 Å². The first kappa shape index (κ1) is 14.1. The second-order valence-corrected chi connectivity index (χ2v) is 6.37. The predicted octanol–water partition coefficient (Wildman–Crippen LogP) is 0.209. The number of aryl methyl sites for hydroxylation is 2. The van der Waals surface area contributed by atoms with E-state index in [2.05, 4.69) is 10.2 Å². The van der Waals surface area contributed by atoms with Crippen molar-refractivity contribution in [3.05, 3.63) is 11.4 Å². The molecule has 0 aliphatic rings. The van der Waals surface area contributed by atoms with E-state index in [1.165, 1.54) is 4.31 Å². The first-order valence-corrected chi connectivity index (χ1v) is 6.83. The molecule has 0 saturated heterocycles. The van der Waals surface area contributed by atoms with E-state index in [0.29, 0.717) is 29.4 Å². The van der Waals surface area contributed by atoms with Gasteiger partial charge in [0, 0.05) is 20.1 Å². The Hall–Kier alpha value is -0.920. The molecule has 0 aliphatic carbocycles. The molecule has 0 fully saturated rings. The number of aromatic amines is 1. The number of likely N-dealkylation sites (N-methyl/N-ethyl adjacent to an activating group) is 2. The normalized spacial score (nSPS) is 12.6. The standard InChI is InChI=1S/C10H20N4O2S/c1-8-10(9(2)12-11-8)17(15,16)14(5)7-6-13(3)4/h6-7H2,1-5H3,(H,11,12). The third-order valence-corrected chi connectivity index (χ3v) is 4.71. The van der Waals surface area contributed by atoms with E-state index in [4.69, 9.17) is 0 Å². The van der Waals surface area contributed by atoms with Crippen molar-refractivity contribution < 1.29 is 8.42 Å².